The first kappa shape index (κ1) is 15.4. The van der Waals surface area contributed by atoms with Gasteiger partial charge in [-0.25, -0.2) is 4.98 Å². The minimum Gasteiger partial charge on any atom is -0.349 e. The van der Waals surface area contributed by atoms with Crippen molar-refractivity contribution < 1.29 is 4.79 Å². The number of nitrogens with one attached hydrogen (secondary N) is 1. The van der Waals surface area contributed by atoms with Crippen molar-refractivity contribution in [2.24, 2.45) is 11.7 Å². The van der Waals surface area contributed by atoms with E-state index in [1.54, 1.807) is 6.07 Å². The number of hydrogen-bond donors (Lipinski definition) is 2. The van der Waals surface area contributed by atoms with Gasteiger partial charge in [-0.15, -0.1) is 0 Å². The molecule has 0 aliphatic rings. The SMILES string of the molecule is CCC(CC)C(N)CNC(=O)c1ccc2ccccc2n1. The summed E-state index contributed by atoms with van der Waals surface area (Å²) in [6.45, 7) is 4.74. The van der Waals surface area contributed by atoms with Gasteiger partial charge in [0.2, 0.25) is 0 Å². The highest BCUT2D eigenvalue weighted by Crippen LogP contribution is 2.13. The zero-order valence-corrected chi connectivity index (χ0v) is 12.7. The molecule has 1 unspecified atom stereocenters. The van der Waals surface area contributed by atoms with Gasteiger partial charge in [0.15, 0.2) is 0 Å². The smallest absolute Gasteiger partial charge is 0.269 e. The molecular weight excluding hydrogens is 262 g/mol. The summed E-state index contributed by atoms with van der Waals surface area (Å²) >= 11 is 0. The molecule has 1 atom stereocenters. The minimum absolute atomic E-state index is 0.00981. The van der Waals surface area contributed by atoms with Gasteiger partial charge in [0, 0.05) is 18.0 Å². The first-order chi connectivity index (χ1) is 10.2. The second kappa shape index (κ2) is 7.18. The Balaban J connectivity index is 2.02. The van der Waals surface area contributed by atoms with Gasteiger partial charge in [-0.1, -0.05) is 51.0 Å². The number of nitrogens with two attached hydrogens (primary N) is 1. The molecule has 0 fully saturated rings. The molecule has 4 nitrogen and oxygen atoms in total. The third kappa shape index (κ3) is 3.79. The van der Waals surface area contributed by atoms with E-state index in [0.717, 1.165) is 23.7 Å². The van der Waals surface area contributed by atoms with Crippen LogP contribution in [0.3, 0.4) is 0 Å². The van der Waals surface area contributed by atoms with Crippen LogP contribution >= 0.6 is 0 Å². The average Bonchev–Trinajstić information content (AvgIpc) is 2.53. The summed E-state index contributed by atoms with van der Waals surface area (Å²) in [4.78, 5) is 16.5. The van der Waals surface area contributed by atoms with Crippen LogP contribution in [0.15, 0.2) is 36.4 Å². The fourth-order valence-electron chi connectivity index (χ4n) is 2.55. The van der Waals surface area contributed by atoms with Gasteiger partial charge in [-0.2, -0.15) is 0 Å². The number of hydrogen-bond acceptors (Lipinski definition) is 3. The monoisotopic (exact) mass is 285 g/mol. The third-order valence-electron chi connectivity index (χ3n) is 3.98. The number of carbonyl (C=O) groups excluding carboxylic acids is 1. The van der Waals surface area contributed by atoms with Crippen molar-refractivity contribution in [3.05, 3.63) is 42.1 Å². The van der Waals surface area contributed by atoms with Crippen molar-refractivity contribution >= 4 is 16.8 Å². The molecule has 0 aliphatic carbocycles. The molecule has 1 aromatic carbocycles. The molecule has 3 N–H and O–H groups in total. The van der Waals surface area contributed by atoms with Crippen LogP contribution in [0.2, 0.25) is 0 Å². The fraction of sp³-hybridized carbons (Fsp3) is 0.412. The van der Waals surface area contributed by atoms with Crippen molar-refractivity contribution in [2.45, 2.75) is 32.7 Å². The van der Waals surface area contributed by atoms with Gasteiger partial charge in [0.05, 0.1) is 5.52 Å². The van der Waals surface area contributed by atoms with Crippen LogP contribution in [0.5, 0.6) is 0 Å². The standard InChI is InChI=1S/C17H23N3O/c1-3-12(4-2)14(18)11-19-17(21)16-10-9-13-7-5-6-8-15(13)20-16/h5-10,12,14H,3-4,11,18H2,1-2H3,(H,19,21). The maximum absolute atomic E-state index is 12.2. The maximum atomic E-state index is 12.2. The van der Waals surface area contributed by atoms with E-state index in [0.29, 0.717) is 18.2 Å². The van der Waals surface area contributed by atoms with E-state index in [1.807, 2.05) is 30.3 Å². The lowest BCUT2D eigenvalue weighted by Crippen LogP contribution is -2.42. The fourth-order valence-corrected chi connectivity index (χ4v) is 2.55. The zero-order chi connectivity index (χ0) is 15.2. The molecule has 21 heavy (non-hydrogen) atoms. The van der Waals surface area contributed by atoms with Crippen molar-refractivity contribution in [2.75, 3.05) is 6.54 Å². The Bertz CT molecular complexity index is 608. The molecule has 0 radical (unpaired) electrons. The number of amides is 1. The Kier molecular flexibility index (Phi) is 5.28. The topological polar surface area (TPSA) is 68.0 Å². The molecule has 2 aromatic rings. The summed E-state index contributed by atoms with van der Waals surface area (Å²) in [6, 6.07) is 11.4. The van der Waals surface area contributed by atoms with Crippen molar-refractivity contribution in [1.82, 2.24) is 10.3 Å². The van der Waals surface area contributed by atoms with Crippen LogP contribution in [-0.2, 0) is 0 Å². The molecule has 2 rings (SSSR count). The lowest BCUT2D eigenvalue weighted by atomic mass is 9.95. The number of para-hydroxylation sites is 1. The Labute approximate surface area is 125 Å². The number of aromatic nitrogens is 1. The molecule has 0 aliphatic heterocycles. The summed E-state index contributed by atoms with van der Waals surface area (Å²) in [5, 5.41) is 3.92. The molecule has 112 valence electrons. The molecule has 1 amide bonds. The highest BCUT2D eigenvalue weighted by molar-refractivity contribution is 5.94. The van der Waals surface area contributed by atoms with Crippen molar-refractivity contribution in [1.29, 1.82) is 0 Å². The summed E-state index contributed by atoms with van der Waals surface area (Å²) in [5.74, 6) is 0.275. The second-order valence-corrected chi connectivity index (χ2v) is 5.34. The van der Waals surface area contributed by atoms with Gasteiger partial charge >= 0.3 is 0 Å². The Morgan fingerprint density at radius 2 is 1.90 bits per heavy atom. The third-order valence-corrected chi connectivity index (χ3v) is 3.98. The number of pyridine rings is 1. The predicted octanol–water partition coefficient (Wildman–Crippen LogP) is 2.73. The van der Waals surface area contributed by atoms with Crippen LogP contribution in [0, 0.1) is 5.92 Å². The Morgan fingerprint density at radius 1 is 1.19 bits per heavy atom. The minimum atomic E-state index is -0.165. The zero-order valence-electron chi connectivity index (χ0n) is 12.7. The number of fused-ring (bicyclic) bond motifs is 1. The number of benzene rings is 1. The van der Waals surface area contributed by atoms with Crippen LogP contribution in [-0.4, -0.2) is 23.5 Å². The molecule has 0 bridgehead atoms. The lowest BCUT2D eigenvalue weighted by molar-refractivity contribution is 0.0943. The Morgan fingerprint density at radius 3 is 2.62 bits per heavy atom. The van der Waals surface area contributed by atoms with Crippen LogP contribution in [0.25, 0.3) is 10.9 Å². The summed E-state index contributed by atoms with van der Waals surface area (Å²) < 4.78 is 0. The largest absolute Gasteiger partial charge is 0.349 e. The first-order valence-electron chi connectivity index (χ1n) is 7.55. The number of carbonyl (C=O) groups is 1. The van der Waals surface area contributed by atoms with Crippen molar-refractivity contribution in [3.63, 3.8) is 0 Å². The van der Waals surface area contributed by atoms with Gasteiger partial charge in [0.1, 0.15) is 5.69 Å². The van der Waals surface area contributed by atoms with E-state index in [-0.39, 0.29) is 11.9 Å². The maximum Gasteiger partial charge on any atom is 0.269 e. The molecule has 1 heterocycles. The van der Waals surface area contributed by atoms with Gasteiger partial charge < -0.3 is 11.1 Å². The van der Waals surface area contributed by atoms with Crippen LogP contribution in [0.1, 0.15) is 37.2 Å². The average molecular weight is 285 g/mol. The summed E-state index contributed by atoms with van der Waals surface area (Å²) in [7, 11) is 0. The number of nitrogens with zero attached hydrogens (tertiary/aromatic N) is 1. The molecular formula is C17H23N3O. The highest BCUT2D eigenvalue weighted by atomic mass is 16.1. The van der Waals surface area contributed by atoms with Crippen molar-refractivity contribution in [3.8, 4) is 0 Å². The molecule has 0 saturated carbocycles. The van der Waals surface area contributed by atoms with Crippen LogP contribution in [0.4, 0.5) is 0 Å². The second-order valence-electron chi connectivity index (χ2n) is 5.34. The van der Waals surface area contributed by atoms with E-state index >= 15 is 0 Å². The van der Waals surface area contributed by atoms with E-state index < -0.39 is 0 Å². The van der Waals surface area contributed by atoms with Gasteiger partial charge in [-0.05, 0) is 18.1 Å². The molecule has 1 aromatic heterocycles. The first-order valence-corrected chi connectivity index (χ1v) is 7.55. The lowest BCUT2D eigenvalue weighted by Gasteiger charge is -2.21. The summed E-state index contributed by atoms with van der Waals surface area (Å²) in [5.41, 5.74) is 7.38. The molecule has 0 spiro atoms. The quantitative estimate of drug-likeness (QED) is 0.857. The van der Waals surface area contributed by atoms with Crippen LogP contribution < -0.4 is 11.1 Å². The van der Waals surface area contributed by atoms with E-state index in [9.17, 15) is 4.79 Å². The van der Waals surface area contributed by atoms with E-state index in [1.165, 1.54) is 0 Å². The molecule has 4 heteroatoms. The highest BCUT2D eigenvalue weighted by Gasteiger charge is 2.16. The predicted molar refractivity (Wildman–Crippen MR) is 86.1 cm³/mol. The van der Waals surface area contributed by atoms with E-state index in [4.69, 9.17) is 5.73 Å². The van der Waals surface area contributed by atoms with Gasteiger partial charge in [0.25, 0.3) is 5.91 Å². The normalized spacial score (nSPS) is 12.6. The molecule has 0 saturated heterocycles. The van der Waals surface area contributed by atoms with Gasteiger partial charge in [-0.3, -0.25) is 4.79 Å². The van der Waals surface area contributed by atoms with E-state index in [2.05, 4.69) is 24.1 Å². The summed E-state index contributed by atoms with van der Waals surface area (Å²) in [6.07, 6.45) is 2.06. The Hall–Kier alpha value is -1.94. The number of rotatable bonds is 6.